The fourth-order valence-electron chi connectivity index (χ4n) is 5.18. The first-order chi connectivity index (χ1) is 12.6. The normalized spacial score (nSPS) is 32.7. The SMILES string of the molecule is O=C(O)C(O)(c1ccccc1)C(C1CN2CCC1CC2)N1CCOCC1. The van der Waals surface area contributed by atoms with Crippen LogP contribution in [0.2, 0.25) is 0 Å². The molecule has 5 rings (SSSR count). The Labute approximate surface area is 154 Å². The molecule has 2 bridgehead atoms. The molecular formula is C20H28N2O4. The fraction of sp³-hybridized carbons (Fsp3) is 0.650. The van der Waals surface area contributed by atoms with Gasteiger partial charge in [0.25, 0.3) is 0 Å². The lowest BCUT2D eigenvalue weighted by Crippen LogP contribution is -2.65. The smallest absolute Gasteiger partial charge is 0.342 e. The van der Waals surface area contributed by atoms with Gasteiger partial charge in [0.15, 0.2) is 0 Å². The molecule has 0 aromatic heterocycles. The molecule has 4 aliphatic rings. The Balaban J connectivity index is 1.76. The number of hydrogen-bond acceptors (Lipinski definition) is 5. The summed E-state index contributed by atoms with van der Waals surface area (Å²) in [6, 6.07) is 8.49. The number of aliphatic hydroxyl groups is 1. The van der Waals surface area contributed by atoms with Gasteiger partial charge in [0.1, 0.15) is 0 Å². The van der Waals surface area contributed by atoms with E-state index in [-0.39, 0.29) is 5.92 Å². The quantitative estimate of drug-likeness (QED) is 0.816. The topological polar surface area (TPSA) is 73.2 Å². The van der Waals surface area contributed by atoms with Gasteiger partial charge in [-0.2, -0.15) is 0 Å². The largest absolute Gasteiger partial charge is 0.479 e. The lowest BCUT2D eigenvalue weighted by Gasteiger charge is -2.53. The van der Waals surface area contributed by atoms with Gasteiger partial charge >= 0.3 is 5.97 Å². The zero-order chi connectivity index (χ0) is 18.1. The first kappa shape index (κ1) is 17.9. The van der Waals surface area contributed by atoms with E-state index in [9.17, 15) is 15.0 Å². The Bertz CT molecular complexity index is 626. The lowest BCUT2D eigenvalue weighted by molar-refractivity contribution is -0.181. The van der Waals surface area contributed by atoms with Crippen molar-refractivity contribution in [2.75, 3.05) is 45.9 Å². The molecule has 0 spiro atoms. The van der Waals surface area contributed by atoms with Crippen LogP contribution in [0.1, 0.15) is 18.4 Å². The number of benzene rings is 1. The molecule has 26 heavy (non-hydrogen) atoms. The molecule has 3 atom stereocenters. The number of carboxylic acids is 1. The summed E-state index contributed by atoms with van der Waals surface area (Å²) in [5, 5.41) is 21.8. The number of aliphatic carboxylic acids is 1. The van der Waals surface area contributed by atoms with Crippen molar-refractivity contribution >= 4 is 5.97 Å². The molecule has 142 valence electrons. The van der Waals surface area contributed by atoms with Crippen molar-refractivity contribution in [2.24, 2.45) is 11.8 Å². The minimum absolute atomic E-state index is 0.150. The highest BCUT2D eigenvalue weighted by Crippen LogP contribution is 2.43. The van der Waals surface area contributed by atoms with Crippen LogP contribution in [-0.2, 0) is 15.1 Å². The maximum Gasteiger partial charge on any atom is 0.342 e. The van der Waals surface area contributed by atoms with Crippen LogP contribution in [0.4, 0.5) is 0 Å². The van der Waals surface area contributed by atoms with E-state index in [2.05, 4.69) is 9.80 Å². The van der Waals surface area contributed by atoms with Crippen LogP contribution in [0, 0.1) is 11.8 Å². The molecule has 4 fully saturated rings. The summed E-state index contributed by atoms with van der Waals surface area (Å²) in [6.07, 6.45) is 2.19. The lowest BCUT2D eigenvalue weighted by atomic mass is 9.68. The summed E-state index contributed by atoms with van der Waals surface area (Å²) in [4.78, 5) is 17.0. The number of ether oxygens (including phenoxy) is 1. The van der Waals surface area contributed by atoms with Crippen molar-refractivity contribution in [3.8, 4) is 0 Å². The van der Waals surface area contributed by atoms with Crippen molar-refractivity contribution in [3.63, 3.8) is 0 Å². The summed E-state index contributed by atoms with van der Waals surface area (Å²) in [7, 11) is 0. The van der Waals surface area contributed by atoms with Crippen molar-refractivity contribution in [1.29, 1.82) is 0 Å². The minimum atomic E-state index is -1.91. The molecule has 1 aromatic rings. The Kier molecular flexibility index (Phi) is 5.01. The average Bonchev–Trinajstić information content (AvgIpc) is 2.70. The van der Waals surface area contributed by atoms with Crippen LogP contribution in [0.5, 0.6) is 0 Å². The van der Waals surface area contributed by atoms with E-state index in [0.29, 0.717) is 37.8 Å². The van der Waals surface area contributed by atoms with Crippen LogP contribution in [0.25, 0.3) is 0 Å². The molecule has 2 N–H and O–H groups in total. The number of carbonyl (C=O) groups is 1. The summed E-state index contributed by atoms with van der Waals surface area (Å²) < 4.78 is 5.50. The number of piperidine rings is 3. The van der Waals surface area contributed by atoms with Crippen LogP contribution in [0.15, 0.2) is 30.3 Å². The van der Waals surface area contributed by atoms with E-state index in [0.717, 1.165) is 32.5 Å². The molecule has 0 radical (unpaired) electrons. The summed E-state index contributed by atoms with van der Waals surface area (Å²) in [5.74, 6) is -0.532. The Morgan fingerprint density at radius 2 is 1.77 bits per heavy atom. The second-order valence-corrected chi connectivity index (χ2v) is 7.83. The average molecular weight is 360 g/mol. The number of morpholine rings is 1. The van der Waals surface area contributed by atoms with Gasteiger partial charge in [-0.25, -0.2) is 4.79 Å². The standard InChI is InChI=1S/C20H28N2O4/c23-19(24)20(25,16-4-2-1-3-5-16)18(22-10-12-26-13-11-22)17-14-21-8-6-15(17)7-9-21/h1-5,15,17-18,25H,6-14H2,(H,23,24). The minimum Gasteiger partial charge on any atom is -0.479 e. The third-order valence-electron chi connectivity index (χ3n) is 6.52. The number of fused-ring (bicyclic) bond motifs is 3. The number of carboxylic acid groups (broad SMARTS) is 1. The molecule has 0 saturated carbocycles. The molecule has 0 aliphatic carbocycles. The van der Waals surface area contributed by atoms with Crippen LogP contribution in [-0.4, -0.2) is 78.0 Å². The Morgan fingerprint density at radius 3 is 2.31 bits per heavy atom. The third kappa shape index (κ3) is 3.05. The number of hydrogen-bond donors (Lipinski definition) is 2. The van der Waals surface area contributed by atoms with Gasteiger partial charge in [0.05, 0.1) is 19.3 Å². The molecule has 3 unspecified atom stereocenters. The van der Waals surface area contributed by atoms with Gasteiger partial charge in [0, 0.05) is 19.6 Å². The van der Waals surface area contributed by atoms with E-state index in [1.54, 1.807) is 24.3 Å². The fourth-order valence-corrected chi connectivity index (χ4v) is 5.18. The molecule has 4 aliphatic heterocycles. The van der Waals surface area contributed by atoms with E-state index in [1.165, 1.54) is 0 Å². The van der Waals surface area contributed by atoms with Crippen molar-refractivity contribution in [1.82, 2.24) is 9.80 Å². The zero-order valence-electron chi connectivity index (χ0n) is 15.1. The predicted octanol–water partition coefficient (Wildman–Crippen LogP) is 1.00. The van der Waals surface area contributed by atoms with Gasteiger partial charge < -0.3 is 19.8 Å². The second-order valence-electron chi connectivity index (χ2n) is 7.83. The summed E-state index contributed by atoms with van der Waals surface area (Å²) in [5.41, 5.74) is -1.44. The predicted molar refractivity (Wildman–Crippen MR) is 96.8 cm³/mol. The Hall–Kier alpha value is -1.47. The van der Waals surface area contributed by atoms with E-state index < -0.39 is 17.6 Å². The summed E-state index contributed by atoms with van der Waals surface area (Å²) >= 11 is 0. The van der Waals surface area contributed by atoms with Gasteiger partial charge in [-0.15, -0.1) is 0 Å². The van der Waals surface area contributed by atoms with Gasteiger partial charge in [-0.05, 0) is 43.3 Å². The van der Waals surface area contributed by atoms with Crippen LogP contribution >= 0.6 is 0 Å². The van der Waals surface area contributed by atoms with Gasteiger partial charge in [0.2, 0.25) is 5.60 Å². The first-order valence-electron chi connectivity index (χ1n) is 9.66. The Morgan fingerprint density at radius 1 is 1.12 bits per heavy atom. The van der Waals surface area contributed by atoms with E-state index >= 15 is 0 Å². The molecule has 4 heterocycles. The second kappa shape index (κ2) is 7.27. The zero-order valence-corrected chi connectivity index (χ0v) is 15.1. The molecule has 1 aromatic carbocycles. The van der Waals surface area contributed by atoms with Crippen LogP contribution < -0.4 is 0 Å². The molecule has 0 amide bonds. The van der Waals surface area contributed by atoms with Crippen molar-refractivity contribution < 1.29 is 19.7 Å². The highest BCUT2D eigenvalue weighted by atomic mass is 16.5. The first-order valence-corrected chi connectivity index (χ1v) is 9.66. The molecule has 6 heteroatoms. The highest BCUT2D eigenvalue weighted by molar-refractivity contribution is 5.80. The van der Waals surface area contributed by atoms with Crippen molar-refractivity contribution in [3.05, 3.63) is 35.9 Å². The number of rotatable bonds is 5. The third-order valence-corrected chi connectivity index (χ3v) is 6.52. The summed E-state index contributed by atoms with van der Waals surface area (Å²) in [6.45, 7) is 5.55. The highest BCUT2D eigenvalue weighted by Gasteiger charge is 2.55. The maximum absolute atomic E-state index is 12.4. The van der Waals surface area contributed by atoms with Gasteiger partial charge in [-0.3, -0.25) is 4.90 Å². The maximum atomic E-state index is 12.4. The van der Waals surface area contributed by atoms with Gasteiger partial charge in [-0.1, -0.05) is 30.3 Å². The molecular weight excluding hydrogens is 332 g/mol. The molecule has 4 saturated heterocycles. The monoisotopic (exact) mass is 360 g/mol. The van der Waals surface area contributed by atoms with Crippen molar-refractivity contribution in [2.45, 2.75) is 24.5 Å². The number of nitrogens with zero attached hydrogens (tertiary/aromatic N) is 2. The van der Waals surface area contributed by atoms with Crippen LogP contribution in [0.3, 0.4) is 0 Å². The van der Waals surface area contributed by atoms with E-state index in [1.807, 2.05) is 6.07 Å². The van der Waals surface area contributed by atoms with E-state index in [4.69, 9.17) is 4.74 Å². The molecule has 6 nitrogen and oxygen atoms in total.